The maximum atomic E-state index is 12.8. The molecule has 0 heterocycles. The van der Waals surface area contributed by atoms with Crippen molar-refractivity contribution in [1.82, 2.24) is 5.32 Å². The quantitative estimate of drug-likeness (QED) is 0.447. The van der Waals surface area contributed by atoms with Crippen LogP contribution >= 0.6 is 27.5 Å². The number of benzene rings is 3. The highest BCUT2D eigenvalue weighted by molar-refractivity contribution is 9.10. The predicted octanol–water partition coefficient (Wildman–Crippen LogP) is 5.22. The van der Waals surface area contributed by atoms with Crippen molar-refractivity contribution in [3.63, 3.8) is 0 Å². The van der Waals surface area contributed by atoms with Crippen molar-refractivity contribution in [3.8, 4) is 5.75 Å². The molecule has 29 heavy (non-hydrogen) atoms. The second-order valence-electron chi connectivity index (χ2n) is 6.05. The zero-order chi connectivity index (χ0) is 20.8. The first kappa shape index (κ1) is 20.6. The van der Waals surface area contributed by atoms with Crippen LogP contribution in [0.15, 0.2) is 83.0 Å². The molecule has 146 valence electrons. The minimum absolute atomic E-state index is 0.0151. The molecule has 0 aliphatic heterocycles. The van der Waals surface area contributed by atoms with Gasteiger partial charge < -0.3 is 15.7 Å². The van der Waals surface area contributed by atoms with Gasteiger partial charge in [0, 0.05) is 16.2 Å². The van der Waals surface area contributed by atoms with Crippen molar-refractivity contribution < 1.29 is 14.7 Å². The van der Waals surface area contributed by atoms with Crippen LogP contribution < -0.4 is 10.6 Å². The highest BCUT2D eigenvalue weighted by atomic mass is 79.9. The van der Waals surface area contributed by atoms with Gasteiger partial charge in [0.2, 0.25) is 0 Å². The number of carbonyl (C=O) groups is 2. The maximum absolute atomic E-state index is 12.8. The molecule has 0 saturated heterocycles. The van der Waals surface area contributed by atoms with Gasteiger partial charge >= 0.3 is 0 Å². The average Bonchev–Trinajstić information content (AvgIpc) is 2.69. The van der Waals surface area contributed by atoms with Gasteiger partial charge in [0.05, 0.1) is 10.6 Å². The number of aromatic hydroxyl groups is 1. The van der Waals surface area contributed by atoms with Gasteiger partial charge in [0.15, 0.2) is 0 Å². The van der Waals surface area contributed by atoms with E-state index >= 15 is 0 Å². The molecule has 0 spiro atoms. The Morgan fingerprint density at radius 1 is 0.966 bits per heavy atom. The number of rotatable bonds is 5. The molecular weight excluding hydrogens is 456 g/mol. The van der Waals surface area contributed by atoms with Crippen molar-refractivity contribution in [2.75, 3.05) is 5.32 Å². The molecule has 0 aliphatic rings. The summed E-state index contributed by atoms with van der Waals surface area (Å²) in [5.41, 5.74) is 1.39. The fourth-order valence-corrected chi connectivity index (χ4v) is 2.99. The summed E-state index contributed by atoms with van der Waals surface area (Å²) in [6, 6.07) is 20.0. The minimum Gasteiger partial charge on any atom is -0.508 e. The van der Waals surface area contributed by atoms with Gasteiger partial charge in [0.1, 0.15) is 11.4 Å². The van der Waals surface area contributed by atoms with Crippen LogP contribution in [-0.4, -0.2) is 16.9 Å². The van der Waals surface area contributed by atoms with E-state index in [1.165, 1.54) is 12.1 Å². The van der Waals surface area contributed by atoms with Gasteiger partial charge in [-0.05, 0) is 48.0 Å². The number of carbonyl (C=O) groups excluding carboxylic acids is 2. The summed E-state index contributed by atoms with van der Waals surface area (Å²) in [6.07, 6.45) is 1.55. The topological polar surface area (TPSA) is 78.4 Å². The summed E-state index contributed by atoms with van der Waals surface area (Å²) in [5.74, 6) is -1.04. The molecule has 0 radical (unpaired) electrons. The Bertz CT molecular complexity index is 1080. The molecule has 0 aromatic heterocycles. The van der Waals surface area contributed by atoms with E-state index in [0.29, 0.717) is 11.3 Å². The van der Waals surface area contributed by atoms with E-state index in [0.717, 1.165) is 4.47 Å². The van der Waals surface area contributed by atoms with Crippen LogP contribution in [0.5, 0.6) is 5.75 Å². The summed E-state index contributed by atoms with van der Waals surface area (Å²) < 4.78 is 0.889. The molecule has 0 aliphatic carbocycles. The third-order valence-corrected chi connectivity index (χ3v) is 4.75. The number of nitrogens with one attached hydrogen (secondary N) is 2. The zero-order valence-electron chi connectivity index (χ0n) is 15.0. The number of amides is 2. The number of anilines is 1. The molecule has 0 atom stereocenters. The molecule has 0 saturated carbocycles. The molecule has 3 rings (SSSR count). The van der Waals surface area contributed by atoms with E-state index in [9.17, 15) is 14.7 Å². The Morgan fingerprint density at radius 3 is 2.38 bits per heavy atom. The van der Waals surface area contributed by atoms with Crippen LogP contribution in [-0.2, 0) is 4.79 Å². The second kappa shape index (κ2) is 9.41. The highest BCUT2D eigenvalue weighted by Crippen LogP contribution is 2.19. The van der Waals surface area contributed by atoms with Gasteiger partial charge in [-0.15, -0.1) is 0 Å². The van der Waals surface area contributed by atoms with E-state index in [2.05, 4.69) is 26.6 Å². The summed E-state index contributed by atoms with van der Waals surface area (Å²) in [6.45, 7) is 0. The summed E-state index contributed by atoms with van der Waals surface area (Å²) in [4.78, 5) is 25.5. The molecule has 7 heteroatoms. The van der Waals surface area contributed by atoms with Crippen molar-refractivity contribution in [2.24, 2.45) is 0 Å². The Kier molecular flexibility index (Phi) is 6.69. The van der Waals surface area contributed by atoms with Crippen LogP contribution in [0, 0.1) is 0 Å². The van der Waals surface area contributed by atoms with E-state index < -0.39 is 11.8 Å². The number of halogens is 2. The summed E-state index contributed by atoms with van der Waals surface area (Å²) in [5, 5.41) is 15.2. The predicted molar refractivity (Wildman–Crippen MR) is 118 cm³/mol. The number of phenolic OH excluding ortho intramolecular Hbond substituents is 1. The summed E-state index contributed by atoms with van der Waals surface area (Å²) in [7, 11) is 0. The van der Waals surface area contributed by atoms with Crippen LogP contribution in [0.1, 0.15) is 15.9 Å². The monoisotopic (exact) mass is 470 g/mol. The number of phenols is 1. The minimum atomic E-state index is -0.543. The van der Waals surface area contributed by atoms with Crippen molar-refractivity contribution in [1.29, 1.82) is 0 Å². The molecule has 0 fully saturated rings. The van der Waals surface area contributed by atoms with Gasteiger partial charge in [-0.1, -0.05) is 57.9 Å². The lowest BCUT2D eigenvalue weighted by Gasteiger charge is -2.12. The lowest BCUT2D eigenvalue weighted by Crippen LogP contribution is -2.30. The largest absolute Gasteiger partial charge is 0.508 e. The number of hydrogen-bond acceptors (Lipinski definition) is 3. The lowest BCUT2D eigenvalue weighted by atomic mass is 10.1. The second-order valence-corrected chi connectivity index (χ2v) is 7.37. The number of hydrogen-bond donors (Lipinski definition) is 3. The zero-order valence-corrected chi connectivity index (χ0v) is 17.4. The smallest absolute Gasteiger partial charge is 0.272 e. The van der Waals surface area contributed by atoms with Gasteiger partial charge in [-0.3, -0.25) is 9.59 Å². The third kappa shape index (κ3) is 5.70. The molecule has 0 unspecified atom stereocenters. The van der Waals surface area contributed by atoms with Gasteiger partial charge in [-0.2, -0.15) is 0 Å². The third-order valence-electron chi connectivity index (χ3n) is 3.90. The Hall–Kier alpha value is -3.09. The van der Waals surface area contributed by atoms with Crippen molar-refractivity contribution in [3.05, 3.63) is 99.1 Å². The SMILES string of the molecule is O=C(Nc1cccc(O)c1)C(=Cc1ccc(Br)cc1)NC(=O)c1ccccc1Cl. The van der Waals surface area contributed by atoms with E-state index in [-0.39, 0.29) is 22.0 Å². The average molecular weight is 472 g/mol. The molecule has 0 bridgehead atoms. The van der Waals surface area contributed by atoms with Crippen molar-refractivity contribution in [2.45, 2.75) is 0 Å². The normalized spacial score (nSPS) is 11.0. The first-order valence-electron chi connectivity index (χ1n) is 8.56. The van der Waals surface area contributed by atoms with Crippen LogP contribution in [0.4, 0.5) is 5.69 Å². The molecule has 2 amide bonds. The lowest BCUT2D eigenvalue weighted by molar-refractivity contribution is -0.113. The van der Waals surface area contributed by atoms with E-state index in [1.807, 2.05) is 12.1 Å². The first-order chi connectivity index (χ1) is 13.9. The van der Waals surface area contributed by atoms with E-state index in [1.54, 1.807) is 54.6 Å². The van der Waals surface area contributed by atoms with Crippen molar-refractivity contribution >= 4 is 51.1 Å². The highest BCUT2D eigenvalue weighted by Gasteiger charge is 2.17. The van der Waals surface area contributed by atoms with Crippen LogP contribution in [0.2, 0.25) is 5.02 Å². The first-order valence-corrected chi connectivity index (χ1v) is 9.73. The molecular formula is C22H16BrClN2O3. The van der Waals surface area contributed by atoms with Gasteiger partial charge in [-0.25, -0.2) is 0 Å². The Balaban J connectivity index is 1.90. The molecule has 3 aromatic rings. The fourth-order valence-electron chi connectivity index (χ4n) is 2.50. The molecule has 3 aromatic carbocycles. The Labute approximate surface area is 181 Å². The summed E-state index contributed by atoms with van der Waals surface area (Å²) >= 11 is 9.46. The maximum Gasteiger partial charge on any atom is 0.272 e. The van der Waals surface area contributed by atoms with Gasteiger partial charge in [0.25, 0.3) is 11.8 Å². The van der Waals surface area contributed by atoms with E-state index in [4.69, 9.17) is 11.6 Å². The molecule has 5 nitrogen and oxygen atoms in total. The Morgan fingerprint density at radius 2 is 1.69 bits per heavy atom. The standard InChI is InChI=1S/C22H16BrClN2O3/c23-15-10-8-14(9-11-15)12-20(22(29)25-16-4-3-5-17(27)13-16)26-21(28)18-6-1-2-7-19(18)24/h1-13,27H,(H,25,29)(H,26,28). The fraction of sp³-hybridized carbons (Fsp3) is 0. The van der Waals surface area contributed by atoms with Crippen LogP contribution in [0.3, 0.4) is 0 Å². The molecule has 3 N–H and O–H groups in total. The van der Waals surface area contributed by atoms with Crippen LogP contribution in [0.25, 0.3) is 6.08 Å².